The van der Waals surface area contributed by atoms with E-state index in [-0.39, 0.29) is 0 Å². The minimum Gasteiger partial charge on any atom is -0.355 e. The highest BCUT2D eigenvalue weighted by molar-refractivity contribution is 7.12. The van der Waals surface area contributed by atoms with Gasteiger partial charge in [-0.15, -0.1) is 11.3 Å². The van der Waals surface area contributed by atoms with Gasteiger partial charge < -0.3 is 4.90 Å². The first-order chi connectivity index (χ1) is 7.16. The van der Waals surface area contributed by atoms with Crippen LogP contribution in [0.15, 0.2) is 6.07 Å². The van der Waals surface area contributed by atoms with Crippen LogP contribution in [0.5, 0.6) is 0 Å². The Kier molecular flexibility index (Phi) is 3.10. The van der Waals surface area contributed by atoms with Gasteiger partial charge in [0.05, 0.1) is 12.4 Å². The molecule has 1 saturated heterocycles. The van der Waals surface area contributed by atoms with Crippen molar-refractivity contribution in [2.24, 2.45) is 0 Å². The molecule has 2 rings (SSSR count). The zero-order valence-electron chi connectivity index (χ0n) is 9.47. The van der Waals surface area contributed by atoms with E-state index >= 15 is 0 Å². The van der Waals surface area contributed by atoms with Crippen LogP contribution in [0.3, 0.4) is 0 Å². The van der Waals surface area contributed by atoms with E-state index in [1.807, 2.05) is 11.3 Å². The second-order valence-corrected chi connectivity index (χ2v) is 5.62. The lowest BCUT2D eigenvalue weighted by Gasteiger charge is -2.28. The quantitative estimate of drug-likeness (QED) is 0.816. The maximum Gasteiger partial charge on any atom is 0.0960 e. The van der Waals surface area contributed by atoms with Crippen LogP contribution in [0.4, 0.5) is 0 Å². The molecule has 0 aliphatic carbocycles. The Bertz CT molecular complexity index is 348. The summed E-state index contributed by atoms with van der Waals surface area (Å²) < 4.78 is 0. The molecule has 1 N–H and O–H groups in total. The number of nitrogens with zero attached hydrogens (tertiary/aromatic N) is 1. The fourth-order valence-electron chi connectivity index (χ4n) is 1.98. The minimum absolute atomic E-state index is 0.824. The molecule has 0 atom stereocenters. The molecule has 0 radical (unpaired) electrons. The highest BCUT2D eigenvalue weighted by Gasteiger charge is 2.15. The number of aryl methyl sites for hydroxylation is 2. The van der Waals surface area contributed by atoms with Gasteiger partial charge in [-0.2, -0.15) is 0 Å². The Morgan fingerprint density at radius 3 is 2.80 bits per heavy atom. The third-order valence-corrected chi connectivity index (χ3v) is 4.17. The summed E-state index contributed by atoms with van der Waals surface area (Å²) in [6.07, 6.45) is 3.40. The summed E-state index contributed by atoms with van der Waals surface area (Å²) in [7, 11) is 0. The van der Waals surface area contributed by atoms with Gasteiger partial charge in [-0.3, -0.25) is 5.41 Å². The number of amidine groups is 1. The maximum absolute atomic E-state index is 7.89. The van der Waals surface area contributed by atoms with Crippen LogP contribution in [0, 0.1) is 19.3 Å². The van der Waals surface area contributed by atoms with E-state index in [9.17, 15) is 0 Å². The second-order valence-electron chi connectivity index (χ2n) is 4.28. The first kappa shape index (κ1) is 10.7. The Balaban J connectivity index is 2.04. The number of thiophene rings is 1. The predicted octanol–water partition coefficient (Wildman–Crippen LogP) is 3.33. The highest BCUT2D eigenvalue weighted by Crippen LogP contribution is 2.23. The number of hydrogen-bond donors (Lipinski definition) is 1. The lowest BCUT2D eigenvalue weighted by molar-refractivity contribution is 0.364. The average molecular weight is 222 g/mol. The number of rotatable bonds is 2. The lowest BCUT2D eigenvalue weighted by atomic mass is 10.1. The molecule has 0 saturated carbocycles. The van der Waals surface area contributed by atoms with E-state index in [4.69, 9.17) is 5.41 Å². The molecule has 0 bridgehead atoms. The van der Waals surface area contributed by atoms with Crippen molar-refractivity contribution in [3.63, 3.8) is 0 Å². The van der Waals surface area contributed by atoms with Crippen molar-refractivity contribution in [3.05, 3.63) is 21.4 Å². The van der Waals surface area contributed by atoms with Gasteiger partial charge in [-0.05, 0) is 38.3 Å². The van der Waals surface area contributed by atoms with E-state index in [1.54, 1.807) is 0 Å². The summed E-state index contributed by atoms with van der Waals surface area (Å²) in [6.45, 7) is 6.34. The van der Waals surface area contributed by atoms with Crippen LogP contribution in [-0.4, -0.2) is 17.3 Å². The molecule has 1 aliphatic rings. The van der Waals surface area contributed by atoms with Gasteiger partial charge in [-0.1, -0.05) is 0 Å². The van der Waals surface area contributed by atoms with Crippen LogP contribution in [-0.2, 0) is 6.54 Å². The predicted molar refractivity (Wildman–Crippen MR) is 65.8 cm³/mol. The van der Waals surface area contributed by atoms with Crippen molar-refractivity contribution in [1.82, 2.24) is 4.90 Å². The Hall–Kier alpha value is -0.830. The van der Waals surface area contributed by atoms with Crippen molar-refractivity contribution in [3.8, 4) is 0 Å². The van der Waals surface area contributed by atoms with Gasteiger partial charge in [0.1, 0.15) is 0 Å². The van der Waals surface area contributed by atoms with E-state index in [0.29, 0.717) is 0 Å². The van der Waals surface area contributed by atoms with Gasteiger partial charge in [0, 0.05) is 22.7 Å². The van der Waals surface area contributed by atoms with Gasteiger partial charge in [-0.25, -0.2) is 0 Å². The standard InChI is InChI=1S/C12H18N2S/c1-9-7-11(15-10(9)2)8-14-6-4-3-5-12(14)13/h7,13H,3-6,8H2,1-2H3. The number of likely N-dealkylation sites (tertiary alicyclic amines) is 1. The molecule has 0 aromatic carbocycles. The zero-order valence-corrected chi connectivity index (χ0v) is 10.3. The Labute approximate surface area is 95.4 Å². The summed E-state index contributed by atoms with van der Waals surface area (Å²) in [6, 6.07) is 2.27. The first-order valence-corrected chi connectivity index (χ1v) is 6.37. The molecule has 0 unspecified atom stereocenters. The van der Waals surface area contributed by atoms with Crippen LogP contribution in [0.2, 0.25) is 0 Å². The molecule has 15 heavy (non-hydrogen) atoms. The molecule has 82 valence electrons. The molecule has 1 aliphatic heterocycles. The van der Waals surface area contributed by atoms with Gasteiger partial charge in [0.25, 0.3) is 0 Å². The molecule has 3 heteroatoms. The van der Waals surface area contributed by atoms with Crippen molar-refractivity contribution in [1.29, 1.82) is 5.41 Å². The number of piperidine rings is 1. The van der Waals surface area contributed by atoms with E-state index in [0.717, 1.165) is 25.3 Å². The van der Waals surface area contributed by atoms with E-state index in [2.05, 4.69) is 24.8 Å². The van der Waals surface area contributed by atoms with Gasteiger partial charge >= 0.3 is 0 Å². The molecule has 1 fully saturated rings. The molecule has 2 heterocycles. The maximum atomic E-state index is 7.89. The van der Waals surface area contributed by atoms with Crippen LogP contribution in [0.1, 0.15) is 34.6 Å². The van der Waals surface area contributed by atoms with Gasteiger partial charge in [0.15, 0.2) is 0 Å². The van der Waals surface area contributed by atoms with Crippen LogP contribution >= 0.6 is 11.3 Å². The summed E-state index contributed by atoms with van der Waals surface area (Å²) in [5, 5.41) is 7.89. The minimum atomic E-state index is 0.824. The number of hydrogen-bond acceptors (Lipinski definition) is 2. The molecular formula is C12H18N2S. The average Bonchev–Trinajstić information content (AvgIpc) is 2.50. The Morgan fingerprint density at radius 1 is 1.40 bits per heavy atom. The van der Waals surface area contributed by atoms with Crippen molar-refractivity contribution >= 4 is 17.2 Å². The smallest absolute Gasteiger partial charge is 0.0960 e. The fraction of sp³-hybridized carbons (Fsp3) is 0.583. The SMILES string of the molecule is Cc1cc(CN2CCCCC2=N)sc1C. The monoisotopic (exact) mass is 222 g/mol. The fourth-order valence-corrected chi connectivity index (χ4v) is 3.05. The first-order valence-electron chi connectivity index (χ1n) is 5.55. The van der Waals surface area contributed by atoms with E-state index < -0.39 is 0 Å². The Morgan fingerprint density at radius 2 is 2.20 bits per heavy atom. The van der Waals surface area contributed by atoms with E-state index in [1.165, 1.54) is 28.2 Å². The summed E-state index contributed by atoms with van der Waals surface area (Å²) in [4.78, 5) is 5.03. The zero-order chi connectivity index (χ0) is 10.8. The molecule has 0 amide bonds. The highest BCUT2D eigenvalue weighted by atomic mass is 32.1. The third-order valence-electron chi connectivity index (χ3n) is 3.04. The van der Waals surface area contributed by atoms with Gasteiger partial charge in [0.2, 0.25) is 0 Å². The van der Waals surface area contributed by atoms with Crippen molar-refractivity contribution in [2.75, 3.05) is 6.54 Å². The topological polar surface area (TPSA) is 27.1 Å². The molecule has 1 aromatic rings. The summed E-state index contributed by atoms with van der Waals surface area (Å²) in [5.41, 5.74) is 1.39. The molecule has 1 aromatic heterocycles. The lowest BCUT2D eigenvalue weighted by Crippen LogP contribution is -2.33. The third kappa shape index (κ3) is 2.40. The summed E-state index contributed by atoms with van der Waals surface area (Å²) in [5.74, 6) is 0.824. The molecular weight excluding hydrogens is 204 g/mol. The largest absolute Gasteiger partial charge is 0.355 e. The van der Waals surface area contributed by atoms with Crippen molar-refractivity contribution < 1.29 is 0 Å². The molecule has 2 nitrogen and oxygen atoms in total. The van der Waals surface area contributed by atoms with Crippen LogP contribution in [0.25, 0.3) is 0 Å². The molecule has 0 spiro atoms. The van der Waals surface area contributed by atoms with Crippen molar-refractivity contribution in [2.45, 2.75) is 39.7 Å². The normalized spacial score (nSPS) is 17.2. The van der Waals surface area contributed by atoms with Crippen LogP contribution < -0.4 is 0 Å². The number of nitrogens with one attached hydrogen (secondary N) is 1. The summed E-state index contributed by atoms with van der Waals surface area (Å²) >= 11 is 1.87. The second kappa shape index (κ2) is 4.35.